The van der Waals surface area contributed by atoms with Gasteiger partial charge in [0.05, 0.1) is 0 Å². The number of fused-ring (bicyclic) bond motifs is 4. The monoisotopic (exact) mass is 472 g/mol. The van der Waals surface area contributed by atoms with Gasteiger partial charge in [0.1, 0.15) is 0 Å². The number of likely N-dealkylation sites (tertiary alicyclic amines) is 1. The second-order valence-electron chi connectivity index (χ2n) is 8.10. The summed E-state index contributed by atoms with van der Waals surface area (Å²) in [6, 6.07) is 10.8. The SMILES string of the molecule is Cc1cc(NC(=O)CCNC(=O)N2C[C@H]3C[C@H](C2)c2cccc(=O)n2C3)ccc1Br. The van der Waals surface area contributed by atoms with Crippen molar-refractivity contribution >= 4 is 33.6 Å². The van der Waals surface area contributed by atoms with E-state index in [0.29, 0.717) is 19.6 Å². The molecule has 0 saturated carbocycles. The maximum atomic E-state index is 12.6. The van der Waals surface area contributed by atoms with E-state index in [-0.39, 0.29) is 42.3 Å². The number of halogens is 1. The predicted molar refractivity (Wildman–Crippen MR) is 119 cm³/mol. The molecule has 0 aliphatic carbocycles. The third-order valence-electron chi connectivity index (χ3n) is 5.84. The molecule has 0 spiro atoms. The molecule has 1 aromatic carbocycles. The molecule has 1 aromatic heterocycles. The zero-order valence-electron chi connectivity index (χ0n) is 16.9. The highest BCUT2D eigenvalue weighted by molar-refractivity contribution is 9.10. The smallest absolute Gasteiger partial charge is 0.317 e. The number of hydrogen-bond donors (Lipinski definition) is 2. The fourth-order valence-corrected chi connectivity index (χ4v) is 4.65. The Hall–Kier alpha value is -2.61. The van der Waals surface area contributed by atoms with Crippen LogP contribution in [0.2, 0.25) is 0 Å². The number of aromatic nitrogens is 1. The lowest BCUT2D eigenvalue weighted by Gasteiger charge is -2.42. The quantitative estimate of drug-likeness (QED) is 0.716. The molecule has 2 aliphatic rings. The summed E-state index contributed by atoms with van der Waals surface area (Å²) in [5.41, 5.74) is 2.83. The number of carbonyl (C=O) groups excluding carboxylic acids is 2. The predicted octanol–water partition coefficient (Wildman–Crippen LogP) is 3.08. The van der Waals surface area contributed by atoms with Crippen molar-refractivity contribution in [1.82, 2.24) is 14.8 Å². The Morgan fingerprint density at radius 2 is 2.00 bits per heavy atom. The van der Waals surface area contributed by atoms with Crippen LogP contribution in [0.3, 0.4) is 0 Å². The van der Waals surface area contributed by atoms with Crippen LogP contribution in [0, 0.1) is 12.8 Å². The van der Waals surface area contributed by atoms with Crippen LogP contribution < -0.4 is 16.2 Å². The third kappa shape index (κ3) is 4.43. The van der Waals surface area contributed by atoms with Crippen molar-refractivity contribution in [2.24, 2.45) is 5.92 Å². The van der Waals surface area contributed by atoms with Crippen LogP contribution >= 0.6 is 15.9 Å². The normalized spacial score (nSPS) is 19.7. The van der Waals surface area contributed by atoms with E-state index < -0.39 is 0 Å². The highest BCUT2D eigenvalue weighted by Gasteiger charge is 2.36. The Morgan fingerprint density at radius 1 is 1.17 bits per heavy atom. The molecule has 8 heteroatoms. The molecule has 7 nitrogen and oxygen atoms in total. The molecule has 3 heterocycles. The summed E-state index contributed by atoms with van der Waals surface area (Å²) >= 11 is 3.44. The van der Waals surface area contributed by atoms with Gasteiger partial charge in [-0.15, -0.1) is 0 Å². The molecule has 2 N–H and O–H groups in total. The molecular weight excluding hydrogens is 448 g/mol. The van der Waals surface area contributed by atoms with Gasteiger partial charge < -0.3 is 20.1 Å². The summed E-state index contributed by atoms with van der Waals surface area (Å²) in [6.07, 6.45) is 1.21. The molecule has 2 atom stereocenters. The van der Waals surface area contributed by atoms with Gasteiger partial charge in [-0.1, -0.05) is 22.0 Å². The number of hydrogen-bond acceptors (Lipinski definition) is 3. The molecule has 0 radical (unpaired) electrons. The summed E-state index contributed by atoms with van der Waals surface area (Å²) in [5, 5.41) is 5.72. The second kappa shape index (κ2) is 8.63. The maximum absolute atomic E-state index is 12.6. The maximum Gasteiger partial charge on any atom is 0.317 e. The number of pyridine rings is 1. The number of benzene rings is 1. The van der Waals surface area contributed by atoms with E-state index in [2.05, 4.69) is 26.6 Å². The summed E-state index contributed by atoms with van der Waals surface area (Å²) in [6.45, 7) is 4.12. The molecule has 1 saturated heterocycles. The molecule has 1 fully saturated rings. The van der Waals surface area contributed by atoms with Crippen molar-refractivity contribution in [3.8, 4) is 0 Å². The zero-order valence-corrected chi connectivity index (χ0v) is 18.4. The topological polar surface area (TPSA) is 83.4 Å². The number of anilines is 1. The minimum absolute atomic E-state index is 0.0343. The Bertz CT molecular complexity index is 1040. The third-order valence-corrected chi connectivity index (χ3v) is 6.73. The van der Waals surface area contributed by atoms with E-state index in [1.54, 1.807) is 12.1 Å². The Kier molecular flexibility index (Phi) is 5.94. The number of rotatable bonds is 4. The van der Waals surface area contributed by atoms with Crippen molar-refractivity contribution in [3.05, 3.63) is 62.5 Å². The van der Waals surface area contributed by atoms with E-state index in [1.165, 1.54) is 0 Å². The van der Waals surface area contributed by atoms with Gasteiger partial charge in [-0.05, 0) is 49.1 Å². The Morgan fingerprint density at radius 3 is 2.80 bits per heavy atom. The molecular formula is C22H25BrN4O3. The van der Waals surface area contributed by atoms with Crippen LogP contribution in [0.4, 0.5) is 10.5 Å². The number of nitrogens with one attached hydrogen (secondary N) is 2. The largest absolute Gasteiger partial charge is 0.337 e. The Labute approximate surface area is 183 Å². The first kappa shape index (κ1) is 20.7. The van der Waals surface area contributed by atoms with Gasteiger partial charge in [0.2, 0.25) is 5.91 Å². The number of nitrogens with zero attached hydrogens (tertiary/aromatic N) is 2. The minimum atomic E-state index is -0.149. The average Bonchev–Trinajstić information content (AvgIpc) is 2.71. The molecule has 3 amide bonds. The molecule has 158 valence electrons. The number of aryl methyl sites for hydroxylation is 1. The Balaban J connectivity index is 1.28. The summed E-state index contributed by atoms with van der Waals surface area (Å²) < 4.78 is 2.84. The van der Waals surface area contributed by atoms with E-state index in [9.17, 15) is 14.4 Å². The van der Waals surface area contributed by atoms with Crippen LogP contribution in [-0.4, -0.2) is 41.0 Å². The van der Waals surface area contributed by atoms with Crippen molar-refractivity contribution < 1.29 is 9.59 Å². The van der Waals surface area contributed by atoms with Crippen molar-refractivity contribution in [3.63, 3.8) is 0 Å². The first-order valence-corrected chi connectivity index (χ1v) is 11.0. The van der Waals surface area contributed by atoms with Gasteiger partial charge in [0, 0.05) is 60.4 Å². The fourth-order valence-electron chi connectivity index (χ4n) is 4.40. The van der Waals surface area contributed by atoms with Crippen LogP contribution in [0.25, 0.3) is 0 Å². The first-order valence-electron chi connectivity index (χ1n) is 10.2. The van der Waals surface area contributed by atoms with Crippen LogP contribution in [0.5, 0.6) is 0 Å². The van der Waals surface area contributed by atoms with E-state index in [0.717, 1.165) is 27.8 Å². The first-order chi connectivity index (χ1) is 14.4. The summed E-state index contributed by atoms with van der Waals surface area (Å²) in [5.74, 6) is 0.327. The lowest BCUT2D eigenvalue weighted by Crippen LogP contribution is -2.52. The number of carbonyl (C=O) groups is 2. The lowest BCUT2D eigenvalue weighted by molar-refractivity contribution is -0.116. The van der Waals surface area contributed by atoms with Crippen molar-refractivity contribution in [2.45, 2.75) is 32.2 Å². The van der Waals surface area contributed by atoms with E-state index in [4.69, 9.17) is 0 Å². The lowest BCUT2D eigenvalue weighted by atomic mass is 9.83. The van der Waals surface area contributed by atoms with Crippen LogP contribution in [0.15, 0.2) is 45.7 Å². The number of piperidine rings is 1. The summed E-state index contributed by atoms with van der Waals surface area (Å²) in [7, 11) is 0. The van der Waals surface area contributed by atoms with Crippen LogP contribution in [-0.2, 0) is 11.3 Å². The highest BCUT2D eigenvalue weighted by Crippen LogP contribution is 2.34. The minimum Gasteiger partial charge on any atom is -0.337 e. The van der Waals surface area contributed by atoms with Gasteiger partial charge in [-0.25, -0.2) is 4.79 Å². The van der Waals surface area contributed by atoms with E-state index in [1.807, 2.05) is 40.7 Å². The zero-order chi connectivity index (χ0) is 21.3. The van der Waals surface area contributed by atoms with Gasteiger partial charge in [0.25, 0.3) is 5.56 Å². The van der Waals surface area contributed by atoms with Gasteiger partial charge in [0.15, 0.2) is 0 Å². The number of urea groups is 1. The van der Waals surface area contributed by atoms with E-state index >= 15 is 0 Å². The van der Waals surface area contributed by atoms with Crippen molar-refractivity contribution in [2.75, 3.05) is 25.0 Å². The summed E-state index contributed by atoms with van der Waals surface area (Å²) in [4.78, 5) is 38.7. The molecule has 2 aromatic rings. The van der Waals surface area contributed by atoms with Crippen molar-refractivity contribution in [1.29, 1.82) is 0 Å². The van der Waals surface area contributed by atoms with Crippen LogP contribution in [0.1, 0.15) is 30.0 Å². The number of amides is 3. The standard InChI is InChI=1S/C22H25BrN4O3/c1-14-9-17(5-6-18(14)23)25-20(28)7-8-24-22(30)26-11-15-10-16(13-26)19-3-2-4-21(29)27(19)12-15/h2-6,9,15-16H,7-8,10-13H2,1H3,(H,24,30)(H,25,28)/t15-,16-/m1/s1. The second-order valence-corrected chi connectivity index (χ2v) is 8.95. The molecule has 4 rings (SSSR count). The molecule has 2 bridgehead atoms. The molecule has 0 unspecified atom stereocenters. The van der Waals surface area contributed by atoms with Gasteiger partial charge in [-0.2, -0.15) is 0 Å². The average molecular weight is 473 g/mol. The highest BCUT2D eigenvalue weighted by atomic mass is 79.9. The molecule has 2 aliphatic heterocycles. The fraction of sp³-hybridized carbons (Fsp3) is 0.409. The van der Waals surface area contributed by atoms with Gasteiger partial charge >= 0.3 is 6.03 Å². The van der Waals surface area contributed by atoms with Gasteiger partial charge in [-0.3, -0.25) is 9.59 Å². The molecule has 30 heavy (non-hydrogen) atoms.